The second-order valence-corrected chi connectivity index (χ2v) is 5.63. The molecule has 130 valence electrons. The number of H-pyrrole nitrogens is 1. The third-order valence-electron chi connectivity index (χ3n) is 3.96. The third-order valence-corrected chi connectivity index (χ3v) is 3.96. The van der Waals surface area contributed by atoms with Crippen molar-refractivity contribution in [3.8, 4) is 5.82 Å². The van der Waals surface area contributed by atoms with E-state index in [0.717, 1.165) is 16.5 Å². The second kappa shape index (κ2) is 6.24. The molecule has 0 fully saturated rings. The van der Waals surface area contributed by atoms with Crippen molar-refractivity contribution >= 4 is 28.6 Å². The van der Waals surface area contributed by atoms with Crippen LogP contribution in [0.3, 0.4) is 0 Å². The molecule has 3 aromatic heterocycles. The number of hydrogen-bond donors (Lipinski definition) is 2. The molecule has 4 rings (SSSR count). The average Bonchev–Trinajstić information content (AvgIpc) is 3.34. The second-order valence-electron chi connectivity index (χ2n) is 5.63. The molecule has 0 saturated heterocycles. The fourth-order valence-corrected chi connectivity index (χ4v) is 2.63. The minimum atomic E-state index is 0.136. The molecule has 10 nitrogen and oxygen atoms in total. The van der Waals surface area contributed by atoms with Gasteiger partial charge in [0.2, 0.25) is 11.6 Å². The number of para-hydroxylation sites is 1. The number of nitrogen functional groups attached to an aromatic ring is 1. The van der Waals surface area contributed by atoms with Crippen molar-refractivity contribution in [1.82, 2.24) is 30.3 Å². The molecule has 1 aromatic carbocycles. The SMILES string of the molecule is CC(=NN=Cc1c[nH]c2ccccc12)c1nnn(-c2nonc2N)c1C. The maximum absolute atomic E-state index is 5.69. The van der Waals surface area contributed by atoms with Crippen LogP contribution in [0.15, 0.2) is 45.3 Å². The maximum Gasteiger partial charge on any atom is 0.243 e. The van der Waals surface area contributed by atoms with Gasteiger partial charge in [-0.2, -0.15) is 14.9 Å². The minimum Gasteiger partial charge on any atom is -0.378 e. The van der Waals surface area contributed by atoms with Crippen LogP contribution in [0.4, 0.5) is 5.82 Å². The summed E-state index contributed by atoms with van der Waals surface area (Å²) in [6, 6.07) is 7.99. The largest absolute Gasteiger partial charge is 0.378 e. The average molecular weight is 349 g/mol. The first-order valence-electron chi connectivity index (χ1n) is 7.80. The summed E-state index contributed by atoms with van der Waals surface area (Å²) in [5, 5.41) is 24.9. The number of hydrogen-bond acceptors (Lipinski definition) is 8. The van der Waals surface area contributed by atoms with Crippen LogP contribution in [0.1, 0.15) is 23.9 Å². The van der Waals surface area contributed by atoms with Gasteiger partial charge in [0.15, 0.2) is 0 Å². The van der Waals surface area contributed by atoms with Crippen LogP contribution in [0.25, 0.3) is 16.7 Å². The van der Waals surface area contributed by atoms with Gasteiger partial charge in [-0.25, -0.2) is 4.63 Å². The van der Waals surface area contributed by atoms with Crippen LogP contribution >= 0.6 is 0 Å². The highest BCUT2D eigenvalue weighted by molar-refractivity contribution is 6.00. The first kappa shape index (κ1) is 15.7. The quantitative estimate of drug-likeness (QED) is 0.426. The van der Waals surface area contributed by atoms with Gasteiger partial charge in [-0.15, -0.1) is 5.10 Å². The first-order chi connectivity index (χ1) is 12.6. The summed E-state index contributed by atoms with van der Waals surface area (Å²) >= 11 is 0. The lowest BCUT2D eigenvalue weighted by Gasteiger charge is -1.98. The Bertz CT molecular complexity index is 1130. The number of fused-ring (bicyclic) bond motifs is 1. The van der Waals surface area contributed by atoms with Crippen molar-refractivity contribution in [3.05, 3.63) is 47.4 Å². The van der Waals surface area contributed by atoms with E-state index in [1.54, 1.807) is 13.1 Å². The Balaban J connectivity index is 1.61. The molecule has 0 saturated carbocycles. The Morgan fingerprint density at radius 2 is 2.15 bits per heavy atom. The topological polar surface area (TPSA) is 136 Å². The van der Waals surface area contributed by atoms with Gasteiger partial charge < -0.3 is 10.7 Å². The molecule has 0 atom stereocenters. The number of nitrogens with zero attached hydrogens (tertiary/aromatic N) is 7. The number of aromatic nitrogens is 6. The number of rotatable bonds is 4. The van der Waals surface area contributed by atoms with Gasteiger partial charge in [0, 0.05) is 22.7 Å². The van der Waals surface area contributed by atoms with Gasteiger partial charge in [-0.3, -0.25) is 0 Å². The van der Waals surface area contributed by atoms with Crippen LogP contribution in [-0.2, 0) is 0 Å². The summed E-state index contributed by atoms with van der Waals surface area (Å²) in [7, 11) is 0. The Labute approximate surface area is 147 Å². The van der Waals surface area contributed by atoms with E-state index in [2.05, 4.69) is 40.4 Å². The van der Waals surface area contributed by atoms with E-state index in [9.17, 15) is 0 Å². The summed E-state index contributed by atoms with van der Waals surface area (Å²) in [6.07, 6.45) is 3.59. The van der Waals surface area contributed by atoms with Crippen molar-refractivity contribution in [2.45, 2.75) is 13.8 Å². The summed E-state index contributed by atoms with van der Waals surface area (Å²) < 4.78 is 6.04. The zero-order chi connectivity index (χ0) is 18.1. The fourth-order valence-electron chi connectivity index (χ4n) is 2.63. The Morgan fingerprint density at radius 3 is 2.96 bits per heavy atom. The van der Waals surface area contributed by atoms with Crippen LogP contribution in [0.2, 0.25) is 0 Å². The molecule has 0 bridgehead atoms. The van der Waals surface area contributed by atoms with Gasteiger partial charge in [0.25, 0.3) is 0 Å². The summed E-state index contributed by atoms with van der Waals surface area (Å²) in [6.45, 7) is 3.63. The third kappa shape index (κ3) is 2.62. The number of benzene rings is 1. The van der Waals surface area contributed by atoms with Gasteiger partial charge in [0.05, 0.1) is 17.6 Å². The Kier molecular flexibility index (Phi) is 3.77. The molecule has 4 aromatic rings. The highest BCUT2D eigenvalue weighted by Gasteiger charge is 2.17. The fraction of sp³-hybridized carbons (Fsp3) is 0.125. The standard InChI is InChI=1S/C16H15N9O/c1-9(14-10(2)25(24-21-14)16-15(17)22-26-23-16)20-19-8-11-7-18-13-6-4-3-5-12(11)13/h3-8,18H,1-2H3,(H2,17,22). The lowest BCUT2D eigenvalue weighted by molar-refractivity contribution is 0.306. The molecule has 10 heteroatoms. The van der Waals surface area contributed by atoms with Crippen LogP contribution in [0.5, 0.6) is 0 Å². The van der Waals surface area contributed by atoms with E-state index < -0.39 is 0 Å². The molecule has 0 spiro atoms. The lowest BCUT2D eigenvalue weighted by Crippen LogP contribution is -2.04. The molecule has 0 amide bonds. The van der Waals surface area contributed by atoms with E-state index in [4.69, 9.17) is 5.73 Å². The predicted octanol–water partition coefficient (Wildman–Crippen LogP) is 1.87. The van der Waals surface area contributed by atoms with Crippen molar-refractivity contribution in [3.63, 3.8) is 0 Å². The summed E-state index contributed by atoms with van der Waals surface area (Å²) in [5.41, 5.74) is 9.60. The molecule has 3 N–H and O–H groups in total. The van der Waals surface area contributed by atoms with Gasteiger partial charge in [0.1, 0.15) is 5.69 Å². The van der Waals surface area contributed by atoms with Gasteiger partial charge >= 0.3 is 0 Å². The van der Waals surface area contributed by atoms with Crippen molar-refractivity contribution in [1.29, 1.82) is 0 Å². The minimum absolute atomic E-state index is 0.136. The van der Waals surface area contributed by atoms with Crippen molar-refractivity contribution in [2.75, 3.05) is 5.73 Å². The molecule has 0 unspecified atom stereocenters. The smallest absolute Gasteiger partial charge is 0.243 e. The van der Waals surface area contributed by atoms with Crippen molar-refractivity contribution < 1.29 is 4.63 Å². The van der Waals surface area contributed by atoms with E-state index in [0.29, 0.717) is 17.1 Å². The summed E-state index contributed by atoms with van der Waals surface area (Å²) in [4.78, 5) is 3.19. The van der Waals surface area contributed by atoms with Gasteiger partial charge in [-0.1, -0.05) is 23.4 Å². The van der Waals surface area contributed by atoms with Gasteiger partial charge in [-0.05, 0) is 30.2 Å². The first-order valence-corrected chi connectivity index (χ1v) is 7.80. The Morgan fingerprint density at radius 1 is 1.31 bits per heavy atom. The predicted molar refractivity (Wildman–Crippen MR) is 96.5 cm³/mol. The number of anilines is 1. The molecule has 3 heterocycles. The number of nitrogens with one attached hydrogen (secondary N) is 1. The van der Waals surface area contributed by atoms with Crippen LogP contribution < -0.4 is 5.73 Å². The van der Waals surface area contributed by atoms with Crippen LogP contribution in [-0.4, -0.2) is 42.2 Å². The highest BCUT2D eigenvalue weighted by Crippen LogP contribution is 2.17. The zero-order valence-electron chi connectivity index (χ0n) is 14.1. The van der Waals surface area contributed by atoms with E-state index in [-0.39, 0.29) is 11.6 Å². The monoisotopic (exact) mass is 349 g/mol. The molecule has 0 aliphatic heterocycles. The number of aromatic amines is 1. The Hall–Kier alpha value is -3.82. The molecular weight excluding hydrogens is 334 g/mol. The van der Waals surface area contributed by atoms with E-state index in [1.807, 2.05) is 37.4 Å². The van der Waals surface area contributed by atoms with E-state index in [1.165, 1.54) is 4.68 Å². The number of nitrogens with two attached hydrogens (primary N) is 1. The molecular formula is C16H15N9O. The van der Waals surface area contributed by atoms with Crippen molar-refractivity contribution in [2.24, 2.45) is 10.2 Å². The molecule has 0 radical (unpaired) electrons. The lowest BCUT2D eigenvalue weighted by atomic mass is 10.2. The summed E-state index contributed by atoms with van der Waals surface area (Å²) in [5.74, 6) is 0.424. The highest BCUT2D eigenvalue weighted by atomic mass is 16.6. The van der Waals surface area contributed by atoms with E-state index >= 15 is 0 Å². The molecule has 0 aliphatic rings. The normalized spacial score (nSPS) is 12.5. The maximum atomic E-state index is 5.69. The molecule has 0 aliphatic carbocycles. The molecule has 26 heavy (non-hydrogen) atoms. The van der Waals surface area contributed by atoms with Crippen LogP contribution in [0, 0.1) is 6.92 Å². The zero-order valence-corrected chi connectivity index (χ0v) is 14.1.